The van der Waals surface area contributed by atoms with Gasteiger partial charge in [0.25, 0.3) is 5.91 Å². The van der Waals surface area contributed by atoms with Crippen LogP contribution in [0, 0.1) is 5.82 Å². The highest BCUT2D eigenvalue weighted by atomic mass is 35.5. The average molecular weight is 565 g/mol. The topological polar surface area (TPSA) is 81.7 Å². The van der Waals surface area contributed by atoms with E-state index in [-0.39, 0.29) is 35.2 Å². The largest absolute Gasteiger partial charge is 0.353 e. The van der Waals surface area contributed by atoms with Gasteiger partial charge in [0.15, 0.2) is 5.16 Å². The molecule has 1 N–H and O–H groups in total. The summed E-state index contributed by atoms with van der Waals surface area (Å²) in [6, 6.07) is 7.66. The van der Waals surface area contributed by atoms with Crippen LogP contribution in [0.4, 0.5) is 10.2 Å². The maximum Gasteiger partial charge on any atom is 0.257 e. The van der Waals surface area contributed by atoms with Crippen LogP contribution in [-0.4, -0.2) is 88.7 Å². The molecule has 1 aromatic heterocycles. The van der Waals surface area contributed by atoms with Crippen molar-refractivity contribution in [3.05, 3.63) is 46.9 Å². The number of nitrogens with zero attached hydrogens (tertiary/aromatic N) is 5. The monoisotopic (exact) mass is 564 g/mol. The third-order valence-corrected chi connectivity index (χ3v) is 7.76. The highest BCUT2D eigenvalue weighted by molar-refractivity contribution is 7.99. The van der Waals surface area contributed by atoms with Crippen LogP contribution in [0.15, 0.2) is 35.5 Å². The van der Waals surface area contributed by atoms with Crippen molar-refractivity contribution in [3.8, 4) is 0 Å². The zero-order chi connectivity index (χ0) is 27.7. The normalized spacial score (nSPS) is 16.6. The molecule has 0 aliphatic carbocycles. The van der Waals surface area contributed by atoms with Crippen LogP contribution in [0.5, 0.6) is 0 Å². The fourth-order valence-corrected chi connectivity index (χ4v) is 5.44. The van der Waals surface area contributed by atoms with E-state index < -0.39 is 5.82 Å². The fraction of sp³-hybridized carbons (Fsp3) is 0.556. The van der Waals surface area contributed by atoms with E-state index in [4.69, 9.17) is 11.6 Å². The van der Waals surface area contributed by atoms with E-state index in [2.05, 4.69) is 34.0 Å². The van der Waals surface area contributed by atoms with Crippen LogP contribution >= 0.6 is 23.4 Å². The van der Waals surface area contributed by atoms with Crippen LogP contribution in [0.25, 0.3) is 0 Å². The minimum absolute atomic E-state index is 0.0654. The Bertz CT molecular complexity index is 1090. The molecule has 0 radical (unpaired) electrons. The fourth-order valence-electron chi connectivity index (χ4n) is 4.55. The van der Waals surface area contributed by atoms with Crippen LogP contribution < -0.4 is 10.2 Å². The molecule has 1 fully saturated rings. The summed E-state index contributed by atoms with van der Waals surface area (Å²) in [6.07, 6.45) is 1.96. The van der Waals surface area contributed by atoms with Crippen LogP contribution in [-0.2, 0) is 4.79 Å². The zero-order valence-electron chi connectivity index (χ0n) is 22.6. The van der Waals surface area contributed by atoms with E-state index in [0.29, 0.717) is 35.8 Å². The van der Waals surface area contributed by atoms with E-state index in [1.807, 2.05) is 18.7 Å². The first kappa shape index (κ1) is 30.1. The number of rotatable bonds is 12. The summed E-state index contributed by atoms with van der Waals surface area (Å²) in [4.78, 5) is 40.4. The molecule has 11 heteroatoms. The lowest BCUT2D eigenvalue weighted by Gasteiger charge is -2.40. The highest BCUT2D eigenvalue weighted by Crippen LogP contribution is 2.25. The van der Waals surface area contributed by atoms with E-state index in [9.17, 15) is 14.0 Å². The number of carbonyl (C=O) groups is 2. The van der Waals surface area contributed by atoms with Gasteiger partial charge >= 0.3 is 0 Å². The van der Waals surface area contributed by atoms with Crippen molar-refractivity contribution in [1.82, 2.24) is 25.1 Å². The molecular formula is C27H38ClFN6O2S. The number of aromatic nitrogens is 2. The Morgan fingerprint density at radius 3 is 2.66 bits per heavy atom. The molecule has 2 amide bonds. The standard InChI is InChI=1S/C27H38ClFN6O2S/c1-5-33(6-2)13-9-10-19(3)30-25(36)18-38-27-31-23(28)16-24(32-27)34-14-15-35(20(4)17-34)26(37)21-11-7-8-12-22(21)29/h7-8,11-12,16,19-20H,5-6,9-10,13-15,17-18H2,1-4H3,(H,30,36). The third kappa shape index (κ3) is 8.54. The van der Waals surface area contributed by atoms with Gasteiger partial charge in [-0.2, -0.15) is 0 Å². The summed E-state index contributed by atoms with van der Waals surface area (Å²) in [7, 11) is 0. The molecule has 0 spiro atoms. The maximum absolute atomic E-state index is 14.1. The number of amides is 2. The molecule has 8 nitrogen and oxygen atoms in total. The number of anilines is 1. The molecule has 38 heavy (non-hydrogen) atoms. The smallest absolute Gasteiger partial charge is 0.257 e. The summed E-state index contributed by atoms with van der Waals surface area (Å²) in [5.41, 5.74) is 0.0769. The maximum atomic E-state index is 14.1. The summed E-state index contributed by atoms with van der Waals surface area (Å²) < 4.78 is 14.1. The number of hydrogen-bond acceptors (Lipinski definition) is 7. The second-order valence-electron chi connectivity index (χ2n) is 9.53. The van der Waals surface area contributed by atoms with Gasteiger partial charge in [0.05, 0.1) is 11.3 Å². The second-order valence-corrected chi connectivity index (χ2v) is 10.9. The number of thioether (sulfide) groups is 1. The Labute approximate surface area is 234 Å². The molecule has 1 saturated heterocycles. The molecular weight excluding hydrogens is 527 g/mol. The molecule has 2 aromatic rings. The van der Waals surface area contributed by atoms with Crippen molar-refractivity contribution >= 4 is 41.0 Å². The molecule has 0 saturated carbocycles. The molecule has 208 valence electrons. The molecule has 2 atom stereocenters. The lowest BCUT2D eigenvalue weighted by molar-refractivity contribution is -0.119. The Balaban J connectivity index is 1.52. The summed E-state index contributed by atoms with van der Waals surface area (Å²) in [5.74, 6) is -0.0663. The first-order valence-corrected chi connectivity index (χ1v) is 14.6. The van der Waals surface area contributed by atoms with Crippen molar-refractivity contribution in [3.63, 3.8) is 0 Å². The lowest BCUT2D eigenvalue weighted by Crippen LogP contribution is -2.54. The summed E-state index contributed by atoms with van der Waals surface area (Å²) >= 11 is 7.53. The van der Waals surface area contributed by atoms with E-state index in [1.165, 1.54) is 23.9 Å². The lowest BCUT2D eigenvalue weighted by atomic mass is 10.1. The third-order valence-electron chi connectivity index (χ3n) is 6.72. The number of benzene rings is 1. The van der Waals surface area contributed by atoms with Crippen molar-refractivity contribution in [2.75, 3.05) is 49.9 Å². The van der Waals surface area contributed by atoms with Crippen LogP contribution in [0.3, 0.4) is 0 Å². The van der Waals surface area contributed by atoms with Crippen molar-refractivity contribution in [2.45, 2.75) is 57.8 Å². The van der Waals surface area contributed by atoms with Crippen molar-refractivity contribution in [1.29, 1.82) is 0 Å². The van der Waals surface area contributed by atoms with Crippen molar-refractivity contribution in [2.24, 2.45) is 0 Å². The van der Waals surface area contributed by atoms with E-state index in [0.717, 1.165) is 32.5 Å². The van der Waals surface area contributed by atoms with Crippen molar-refractivity contribution < 1.29 is 14.0 Å². The minimum Gasteiger partial charge on any atom is -0.353 e. The van der Waals surface area contributed by atoms with Gasteiger partial charge in [-0.15, -0.1) is 0 Å². The van der Waals surface area contributed by atoms with Gasteiger partial charge in [-0.05, 0) is 58.5 Å². The average Bonchev–Trinajstić information content (AvgIpc) is 2.89. The first-order chi connectivity index (χ1) is 18.2. The number of carbonyl (C=O) groups excluding carboxylic acids is 2. The molecule has 1 aromatic carbocycles. The van der Waals surface area contributed by atoms with Crippen LogP contribution in [0.2, 0.25) is 5.15 Å². The predicted molar refractivity (Wildman–Crippen MR) is 152 cm³/mol. The summed E-state index contributed by atoms with van der Waals surface area (Å²) in [5, 5.41) is 3.77. The Morgan fingerprint density at radius 2 is 1.97 bits per heavy atom. The van der Waals surface area contributed by atoms with E-state index in [1.54, 1.807) is 23.1 Å². The second kappa shape index (κ2) is 14.6. The molecule has 0 bridgehead atoms. The molecule has 2 unspecified atom stereocenters. The molecule has 1 aliphatic heterocycles. The number of halogens is 2. The van der Waals surface area contributed by atoms with Gasteiger partial charge in [0.2, 0.25) is 5.91 Å². The van der Waals surface area contributed by atoms with Gasteiger partial charge in [-0.25, -0.2) is 14.4 Å². The quantitative estimate of drug-likeness (QED) is 0.233. The van der Waals surface area contributed by atoms with Gasteiger partial charge < -0.3 is 20.0 Å². The van der Waals surface area contributed by atoms with E-state index >= 15 is 0 Å². The SMILES string of the molecule is CCN(CC)CCCC(C)NC(=O)CSc1nc(Cl)cc(N2CCN(C(=O)c3ccccc3F)C(C)C2)n1. The minimum atomic E-state index is -0.519. The summed E-state index contributed by atoms with van der Waals surface area (Å²) in [6.45, 7) is 12.8. The predicted octanol–water partition coefficient (Wildman–Crippen LogP) is 4.34. The van der Waals surface area contributed by atoms with Gasteiger partial charge in [-0.1, -0.05) is 49.3 Å². The van der Waals surface area contributed by atoms with Crippen LogP contribution in [0.1, 0.15) is 50.9 Å². The van der Waals surface area contributed by atoms with Gasteiger partial charge in [-0.3, -0.25) is 9.59 Å². The number of piperazine rings is 1. The Morgan fingerprint density at radius 1 is 1.24 bits per heavy atom. The highest BCUT2D eigenvalue weighted by Gasteiger charge is 2.30. The Hall–Kier alpha value is -2.43. The molecule has 2 heterocycles. The molecule has 3 rings (SSSR count). The number of nitrogens with one attached hydrogen (secondary N) is 1. The number of hydrogen-bond donors (Lipinski definition) is 1. The van der Waals surface area contributed by atoms with Gasteiger partial charge in [0.1, 0.15) is 16.8 Å². The molecule has 1 aliphatic rings. The Kier molecular flexibility index (Phi) is 11.6. The van der Waals surface area contributed by atoms with Gasteiger partial charge in [0, 0.05) is 37.8 Å². The zero-order valence-corrected chi connectivity index (χ0v) is 24.2. The first-order valence-electron chi connectivity index (χ1n) is 13.2.